The predicted molar refractivity (Wildman–Crippen MR) is 98.6 cm³/mol. The molecule has 2 aromatic rings. The van der Waals surface area contributed by atoms with E-state index in [1.165, 1.54) is 48.3 Å². The highest BCUT2D eigenvalue weighted by Crippen LogP contribution is 2.46. The van der Waals surface area contributed by atoms with E-state index in [0.29, 0.717) is 4.08 Å². The van der Waals surface area contributed by atoms with Gasteiger partial charge in [0.1, 0.15) is 0 Å². The van der Waals surface area contributed by atoms with Gasteiger partial charge in [-0.2, -0.15) is 0 Å². The highest BCUT2D eigenvalue weighted by Gasteiger charge is 2.33. The predicted octanol–water partition coefficient (Wildman–Crippen LogP) is 4.78. The molecule has 0 unspecified atom stereocenters. The van der Waals surface area contributed by atoms with Crippen LogP contribution in [0.3, 0.4) is 0 Å². The maximum atomic E-state index is 4.20. The van der Waals surface area contributed by atoms with Crippen molar-refractivity contribution in [3.63, 3.8) is 0 Å². The second kappa shape index (κ2) is 7.60. The molecule has 118 valence electrons. The van der Waals surface area contributed by atoms with Gasteiger partial charge in [-0.1, -0.05) is 29.8 Å². The van der Waals surface area contributed by atoms with Crippen LogP contribution in [0.5, 0.6) is 0 Å². The SMILES string of the molecule is Cc1ccc(CCCC2(Cn3ccnc3)SCCCS2)cc1. The molecule has 1 aromatic carbocycles. The van der Waals surface area contributed by atoms with E-state index < -0.39 is 0 Å². The molecular formula is C18H24N2S2. The van der Waals surface area contributed by atoms with Crippen LogP contribution in [0.1, 0.15) is 30.4 Å². The second-order valence-corrected chi connectivity index (χ2v) is 9.25. The van der Waals surface area contributed by atoms with Crippen LogP contribution in [0.4, 0.5) is 0 Å². The second-order valence-electron chi connectivity index (χ2n) is 6.04. The summed E-state index contributed by atoms with van der Waals surface area (Å²) in [4.78, 5) is 4.20. The largest absolute Gasteiger partial charge is 0.335 e. The average Bonchev–Trinajstić information content (AvgIpc) is 3.03. The molecule has 1 saturated heterocycles. The highest BCUT2D eigenvalue weighted by molar-refractivity contribution is 8.18. The van der Waals surface area contributed by atoms with Crippen molar-refractivity contribution < 1.29 is 0 Å². The van der Waals surface area contributed by atoms with Crippen molar-refractivity contribution in [3.8, 4) is 0 Å². The fourth-order valence-corrected chi connectivity index (χ4v) is 6.30. The van der Waals surface area contributed by atoms with Crippen LogP contribution in [-0.4, -0.2) is 25.1 Å². The molecule has 1 aliphatic rings. The van der Waals surface area contributed by atoms with E-state index in [2.05, 4.69) is 70.5 Å². The van der Waals surface area contributed by atoms with Crippen LogP contribution in [0, 0.1) is 6.92 Å². The summed E-state index contributed by atoms with van der Waals surface area (Å²) in [6.45, 7) is 3.23. The molecule has 1 aromatic heterocycles. The van der Waals surface area contributed by atoms with Crippen molar-refractivity contribution in [1.29, 1.82) is 0 Å². The van der Waals surface area contributed by atoms with Crippen molar-refractivity contribution in [1.82, 2.24) is 9.55 Å². The Labute approximate surface area is 142 Å². The van der Waals surface area contributed by atoms with Crippen LogP contribution in [0.15, 0.2) is 43.0 Å². The molecule has 2 heterocycles. The van der Waals surface area contributed by atoms with E-state index in [9.17, 15) is 0 Å². The maximum Gasteiger partial charge on any atom is 0.0946 e. The van der Waals surface area contributed by atoms with Crippen LogP contribution in [-0.2, 0) is 13.0 Å². The lowest BCUT2D eigenvalue weighted by Crippen LogP contribution is -2.30. The molecule has 1 fully saturated rings. The topological polar surface area (TPSA) is 17.8 Å². The molecule has 3 rings (SSSR count). The summed E-state index contributed by atoms with van der Waals surface area (Å²) < 4.78 is 2.58. The summed E-state index contributed by atoms with van der Waals surface area (Å²) in [5.74, 6) is 2.60. The number of imidazole rings is 1. The Morgan fingerprint density at radius 3 is 2.64 bits per heavy atom. The van der Waals surface area contributed by atoms with Crippen molar-refractivity contribution in [2.24, 2.45) is 0 Å². The van der Waals surface area contributed by atoms with Crippen molar-refractivity contribution >= 4 is 23.5 Å². The van der Waals surface area contributed by atoms with Crippen LogP contribution in [0.25, 0.3) is 0 Å². The van der Waals surface area contributed by atoms with Crippen LogP contribution < -0.4 is 0 Å². The summed E-state index contributed by atoms with van der Waals surface area (Å²) in [5.41, 5.74) is 2.81. The zero-order valence-electron chi connectivity index (χ0n) is 13.2. The smallest absolute Gasteiger partial charge is 0.0946 e. The quantitative estimate of drug-likeness (QED) is 0.758. The van der Waals surface area contributed by atoms with Gasteiger partial charge in [0, 0.05) is 18.9 Å². The third kappa shape index (κ3) is 4.32. The molecule has 0 bridgehead atoms. The lowest BCUT2D eigenvalue weighted by molar-refractivity contribution is 0.566. The van der Waals surface area contributed by atoms with Gasteiger partial charge in [-0.05, 0) is 49.7 Å². The van der Waals surface area contributed by atoms with Gasteiger partial charge in [-0.15, -0.1) is 23.5 Å². The van der Waals surface area contributed by atoms with Crippen molar-refractivity contribution in [2.45, 2.75) is 43.2 Å². The third-order valence-electron chi connectivity index (χ3n) is 4.15. The summed E-state index contributed by atoms with van der Waals surface area (Å²) in [5, 5.41) is 0. The highest BCUT2D eigenvalue weighted by atomic mass is 32.2. The van der Waals surface area contributed by atoms with Gasteiger partial charge < -0.3 is 4.57 Å². The first-order chi connectivity index (χ1) is 10.8. The minimum Gasteiger partial charge on any atom is -0.335 e. The molecule has 4 heteroatoms. The molecule has 0 amide bonds. The van der Waals surface area contributed by atoms with Gasteiger partial charge in [0.05, 0.1) is 10.4 Å². The zero-order chi connectivity index (χ0) is 15.3. The van der Waals surface area contributed by atoms with E-state index in [4.69, 9.17) is 0 Å². The van der Waals surface area contributed by atoms with Gasteiger partial charge in [-0.3, -0.25) is 0 Å². The number of rotatable bonds is 6. The lowest BCUT2D eigenvalue weighted by atomic mass is 10.1. The maximum absolute atomic E-state index is 4.20. The van der Waals surface area contributed by atoms with E-state index in [1.807, 2.05) is 12.5 Å². The Kier molecular flexibility index (Phi) is 5.53. The Hall–Kier alpha value is -0.870. The molecule has 0 aliphatic carbocycles. The Morgan fingerprint density at radius 2 is 1.95 bits per heavy atom. The van der Waals surface area contributed by atoms with Crippen LogP contribution >= 0.6 is 23.5 Å². The van der Waals surface area contributed by atoms with Gasteiger partial charge in [0.25, 0.3) is 0 Å². The number of aryl methyl sites for hydroxylation is 2. The van der Waals surface area contributed by atoms with Crippen molar-refractivity contribution in [3.05, 3.63) is 54.1 Å². The Morgan fingerprint density at radius 1 is 1.18 bits per heavy atom. The molecule has 0 atom stereocenters. The Bertz CT molecular complexity index is 557. The molecule has 0 spiro atoms. The first-order valence-corrected chi connectivity index (χ1v) is 10.0. The number of hydrogen-bond donors (Lipinski definition) is 0. The average molecular weight is 333 g/mol. The Balaban J connectivity index is 1.59. The third-order valence-corrected chi connectivity index (χ3v) is 7.56. The first kappa shape index (κ1) is 16.0. The number of aromatic nitrogens is 2. The molecule has 2 nitrogen and oxygen atoms in total. The number of benzene rings is 1. The summed E-state index contributed by atoms with van der Waals surface area (Å²) in [6.07, 6.45) is 11.0. The number of hydrogen-bond acceptors (Lipinski definition) is 3. The summed E-state index contributed by atoms with van der Waals surface area (Å²) >= 11 is 4.32. The minimum atomic E-state index is 0.337. The fraction of sp³-hybridized carbons (Fsp3) is 0.500. The normalized spacial score (nSPS) is 17.5. The minimum absolute atomic E-state index is 0.337. The van der Waals surface area contributed by atoms with E-state index in [1.54, 1.807) is 0 Å². The molecule has 0 N–H and O–H groups in total. The zero-order valence-corrected chi connectivity index (χ0v) is 14.8. The fourth-order valence-electron chi connectivity index (χ4n) is 2.91. The van der Waals surface area contributed by atoms with Crippen LogP contribution in [0.2, 0.25) is 0 Å². The molecular weight excluding hydrogens is 308 g/mol. The van der Waals surface area contributed by atoms with Crippen molar-refractivity contribution in [2.75, 3.05) is 11.5 Å². The summed E-state index contributed by atoms with van der Waals surface area (Å²) in [7, 11) is 0. The molecule has 1 aliphatic heterocycles. The molecule has 0 radical (unpaired) electrons. The number of thioether (sulfide) groups is 2. The molecule has 0 saturated carbocycles. The molecule has 22 heavy (non-hydrogen) atoms. The van der Waals surface area contributed by atoms with Gasteiger partial charge in [0.15, 0.2) is 0 Å². The monoisotopic (exact) mass is 332 g/mol. The number of nitrogens with zero attached hydrogens (tertiary/aromatic N) is 2. The first-order valence-electron chi connectivity index (χ1n) is 8.05. The van der Waals surface area contributed by atoms with Gasteiger partial charge >= 0.3 is 0 Å². The van der Waals surface area contributed by atoms with Gasteiger partial charge in [-0.25, -0.2) is 4.98 Å². The van der Waals surface area contributed by atoms with E-state index >= 15 is 0 Å². The van der Waals surface area contributed by atoms with E-state index in [-0.39, 0.29) is 0 Å². The standard InChI is InChI=1S/C18H24N2S2/c1-16-5-7-17(8-6-16)4-2-9-18(21-12-3-13-22-18)14-20-11-10-19-15-20/h5-8,10-11,15H,2-4,9,12-14H2,1H3. The summed E-state index contributed by atoms with van der Waals surface area (Å²) in [6, 6.07) is 9.00. The lowest BCUT2D eigenvalue weighted by Gasteiger charge is -2.36. The van der Waals surface area contributed by atoms with E-state index in [0.717, 1.165) is 6.54 Å². The van der Waals surface area contributed by atoms with Gasteiger partial charge in [0.2, 0.25) is 0 Å².